The molecule has 0 saturated heterocycles. The van der Waals surface area contributed by atoms with Crippen LogP contribution in [-0.2, 0) is 0 Å². The van der Waals surface area contributed by atoms with Crippen molar-refractivity contribution in [3.8, 4) is 5.75 Å². The number of amides is 1. The van der Waals surface area contributed by atoms with Crippen molar-refractivity contribution < 1.29 is 36.4 Å². The van der Waals surface area contributed by atoms with Crippen LogP contribution in [0.2, 0.25) is 0 Å². The first kappa shape index (κ1) is 18.1. The number of carbonyl (C=O) groups excluding carboxylic acids is 1. The molecular weight excluding hydrogens is 355 g/mol. The van der Waals surface area contributed by atoms with Gasteiger partial charge in [0, 0.05) is 12.1 Å². The van der Waals surface area contributed by atoms with Crippen LogP contribution in [0.4, 0.5) is 33.3 Å². The SMILES string of the molecule is COc1ccc([N+](=O)[O-])cc1NC(=O)c1c(F)c(F)c(F)c(F)c1F. The van der Waals surface area contributed by atoms with E-state index in [4.69, 9.17) is 4.74 Å². The number of rotatable bonds is 4. The lowest BCUT2D eigenvalue weighted by molar-refractivity contribution is -0.384. The van der Waals surface area contributed by atoms with Gasteiger partial charge in [-0.15, -0.1) is 0 Å². The minimum absolute atomic E-state index is 0.136. The van der Waals surface area contributed by atoms with Crippen molar-refractivity contribution in [2.45, 2.75) is 0 Å². The number of nitrogens with zero attached hydrogens (tertiary/aromatic N) is 1. The number of benzene rings is 2. The molecule has 6 nitrogen and oxygen atoms in total. The second-order valence-corrected chi connectivity index (χ2v) is 4.54. The van der Waals surface area contributed by atoms with Crippen LogP contribution in [0.5, 0.6) is 5.75 Å². The highest BCUT2D eigenvalue weighted by atomic mass is 19.2. The van der Waals surface area contributed by atoms with Crippen molar-refractivity contribution in [1.29, 1.82) is 0 Å². The highest BCUT2D eigenvalue weighted by Gasteiger charge is 2.30. The summed E-state index contributed by atoms with van der Waals surface area (Å²) in [5.41, 5.74) is -2.64. The summed E-state index contributed by atoms with van der Waals surface area (Å²) < 4.78 is 71.4. The molecule has 2 rings (SSSR count). The van der Waals surface area contributed by atoms with Gasteiger partial charge >= 0.3 is 0 Å². The monoisotopic (exact) mass is 362 g/mol. The van der Waals surface area contributed by atoms with E-state index in [1.165, 1.54) is 0 Å². The molecule has 0 radical (unpaired) electrons. The molecule has 1 amide bonds. The normalized spacial score (nSPS) is 10.5. The quantitative estimate of drug-likeness (QED) is 0.297. The summed E-state index contributed by atoms with van der Waals surface area (Å²) in [5.74, 6) is -13.5. The summed E-state index contributed by atoms with van der Waals surface area (Å²) in [6.07, 6.45) is 0. The molecule has 11 heteroatoms. The van der Waals surface area contributed by atoms with Crippen LogP contribution >= 0.6 is 0 Å². The largest absolute Gasteiger partial charge is 0.495 e. The Balaban J connectivity index is 2.51. The Bertz CT molecular complexity index is 859. The Morgan fingerprint density at radius 3 is 2.04 bits per heavy atom. The van der Waals surface area contributed by atoms with E-state index >= 15 is 0 Å². The van der Waals surface area contributed by atoms with Gasteiger partial charge in [0.25, 0.3) is 11.6 Å². The van der Waals surface area contributed by atoms with Gasteiger partial charge in [-0.05, 0) is 6.07 Å². The Hall–Kier alpha value is -3.24. The molecule has 0 heterocycles. The second-order valence-electron chi connectivity index (χ2n) is 4.54. The molecule has 0 fully saturated rings. The van der Waals surface area contributed by atoms with E-state index in [2.05, 4.69) is 0 Å². The number of ether oxygens (including phenoxy) is 1. The van der Waals surface area contributed by atoms with Crippen molar-refractivity contribution in [1.82, 2.24) is 0 Å². The van der Waals surface area contributed by atoms with Crippen LogP contribution in [0.25, 0.3) is 0 Å². The van der Waals surface area contributed by atoms with Crippen molar-refractivity contribution in [2.75, 3.05) is 12.4 Å². The van der Waals surface area contributed by atoms with E-state index in [1.807, 2.05) is 5.32 Å². The van der Waals surface area contributed by atoms with Crippen molar-refractivity contribution >= 4 is 17.3 Å². The van der Waals surface area contributed by atoms with E-state index in [9.17, 15) is 36.9 Å². The summed E-state index contributed by atoms with van der Waals surface area (Å²) in [4.78, 5) is 21.9. The molecule has 0 atom stereocenters. The van der Waals surface area contributed by atoms with E-state index in [0.29, 0.717) is 0 Å². The first-order valence-electron chi connectivity index (χ1n) is 6.34. The molecule has 0 unspecified atom stereocenters. The first-order chi connectivity index (χ1) is 11.7. The standard InChI is InChI=1S/C14H7F5N2O4/c1-25-7-3-2-5(21(23)24)4-6(7)20-14(22)8-9(15)11(17)13(19)12(18)10(8)16/h2-4H,1H3,(H,20,22). The van der Waals surface area contributed by atoms with E-state index in [1.54, 1.807) is 0 Å². The second kappa shape index (κ2) is 6.71. The minimum Gasteiger partial charge on any atom is -0.495 e. The lowest BCUT2D eigenvalue weighted by Crippen LogP contribution is -2.19. The van der Waals surface area contributed by atoms with Crippen LogP contribution in [-0.4, -0.2) is 17.9 Å². The number of nitro groups is 1. The predicted molar refractivity (Wildman–Crippen MR) is 73.8 cm³/mol. The highest BCUT2D eigenvalue weighted by molar-refractivity contribution is 6.05. The third-order valence-electron chi connectivity index (χ3n) is 3.08. The van der Waals surface area contributed by atoms with Crippen LogP contribution in [0.1, 0.15) is 10.4 Å². The zero-order valence-electron chi connectivity index (χ0n) is 12.2. The average molecular weight is 362 g/mol. The van der Waals surface area contributed by atoms with Crippen LogP contribution in [0, 0.1) is 39.2 Å². The zero-order chi connectivity index (χ0) is 18.9. The maximum absolute atomic E-state index is 13.6. The summed E-state index contributed by atoms with van der Waals surface area (Å²) in [6.45, 7) is 0. The van der Waals surface area contributed by atoms with Gasteiger partial charge in [-0.2, -0.15) is 0 Å². The third kappa shape index (κ3) is 3.20. The van der Waals surface area contributed by atoms with Crippen molar-refractivity contribution in [2.24, 2.45) is 0 Å². The number of carbonyl (C=O) groups is 1. The molecule has 2 aromatic rings. The number of non-ortho nitro benzene ring substituents is 1. The fourth-order valence-electron chi connectivity index (χ4n) is 1.90. The van der Waals surface area contributed by atoms with Crippen molar-refractivity contribution in [3.63, 3.8) is 0 Å². The molecule has 0 saturated carbocycles. The van der Waals surface area contributed by atoms with Crippen LogP contribution in [0.3, 0.4) is 0 Å². The van der Waals surface area contributed by atoms with Gasteiger partial charge in [0.2, 0.25) is 5.82 Å². The molecule has 0 aromatic heterocycles. The number of nitro benzene ring substituents is 1. The summed E-state index contributed by atoms with van der Waals surface area (Å²) in [7, 11) is 1.13. The first-order valence-corrected chi connectivity index (χ1v) is 6.34. The average Bonchev–Trinajstić information content (AvgIpc) is 2.58. The zero-order valence-corrected chi connectivity index (χ0v) is 12.2. The molecular formula is C14H7F5N2O4. The maximum Gasteiger partial charge on any atom is 0.271 e. The van der Waals surface area contributed by atoms with Gasteiger partial charge in [-0.3, -0.25) is 14.9 Å². The maximum atomic E-state index is 13.6. The fraction of sp³-hybridized carbons (Fsp3) is 0.0714. The van der Waals surface area contributed by atoms with Gasteiger partial charge in [0.05, 0.1) is 17.7 Å². The lowest BCUT2D eigenvalue weighted by Gasteiger charge is -2.11. The van der Waals surface area contributed by atoms with Gasteiger partial charge in [0.15, 0.2) is 23.3 Å². The van der Waals surface area contributed by atoms with Crippen LogP contribution in [0.15, 0.2) is 18.2 Å². The van der Waals surface area contributed by atoms with Gasteiger partial charge in [0.1, 0.15) is 11.3 Å². The number of halogens is 5. The summed E-state index contributed by atoms with van der Waals surface area (Å²) >= 11 is 0. The Kier molecular flexibility index (Phi) is 4.86. The number of nitrogens with one attached hydrogen (secondary N) is 1. The Morgan fingerprint density at radius 1 is 1.04 bits per heavy atom. The molecule has 0 bridgehead atoms. The number of methoxy groups -OCH3 is 1. The van der Waals surface area contributed by atoms with Gasteiger partial charge < -0.3 is 10.1 Å². The molecule has 25 heavy (non-hydrogen) atoms. The molecule has 2 aromatic carbocycles. The molecule has 132 valence electrons. The molecule has 1 N–H and O–H groups in total. The Morgan fingerprint density at radius 2 is 1.56 bits per heavy atom. The lowest BCUT2D eigenvalue weighted by atomic mass is 10.1. The molecule has 0 spiro atoms. The highest BCUT2D eigenvalue weighted by Crippen LogP contribution is 2.30. The summed E-state index contributed by atoms with van der Waals surface area (Å²) in [5, 5.41) is 12.6. The van der Waals surface area contributed by atoms with E-state index < -0.39 is 56.9 Å². The van der Waals surface area contributed by atoms with Gasteiger partial charge in [-0.25, -0.2) is 22.0 Å². The number of anilines is 1. The number of hydrogen-bond donors (Lipinski definition) is 1. The molecule has 0 aliphatic carbocycles. The Labute approximate surface area is 136 Å². The fourth-order valence-corrected chi connectivity index (χ4v) is 1.90. The minimum atomic E-state index is -2.42. The summed E-state index contributed by atoms with van der Waals surface area (Å²) in [6, 6.07) is 2.89. The van der Waals surface area contributed by atoms with Gasteiger partial charge in [-0.1, -0.05) is 0 Å². The topological polar surface area (TPSA) is 81.5 Å². The number of hydrogen-bond acceptors (Lipinski definition) is 4. The smallest absolute Gasteiger partial charge is 0.271 e. The predicted octanol–water partition coefficient (Wildman–Crippen LogP) is 3.55. The molecule has 0 aliphatic heterocycles. The van der Waals surface area contributed by atoms with Crippen molar-refractivity contribution in [3.05, 3.63) is 63.0 Å². The van der Waals surface area contributed by atoms with E-state index in [-0.39, 0.29) is 5.75 Å². The van der Waals surface area contributed by atoms with E-state index in [0.717, 1.165) is 25.3 Å². The molecule has 0 aliphatic rings. The van der Waals surface area contributed by atoms with Crippen LogP contribution < -0.4 is 10.1 Å². The third-order valence-corrected chi connectivity index (χ3v) is 3.08.